The highest BCUT2D eigenvalue weighted by Gasteiger charge is 2.02. The fraction of sp³-hybridized carbons (Fsp3) is 0.680. The summed E-state index contributed by atoms with van der Waals surface area (Å²) in [6, 6.07) is 10.2. The monoisotopic (exact) mass is 358 g/mol. The van der Waals surface area contributed by atoms with Gasteiger partial charge in [0.05, 0.1) is 6.61 Å². The van der Waals surface area contributed by atoms with Crippen LogP contribution in [0.5, 0.6) is 5.75 Å². The van der Waals surface area contributed by atoms with Gasteiger partial charge >= 0.3 is 0 Å². The summed E-state index contributed by atoms with van der Waals surface area (Å²) in [4.78, 5) is 0. The van der Waals surface area contributed by atoms with Gasteiger partial charge in [0, 0.05) is 0 Å². The molecule has 0 aliphatic carbocycles. The molecule has 0 heterocycles. The molecule has 0 bridgehead atoms. The number of unbranched alkanes of at least 4 members (excludes halogenated alkanes) is 9. The molecule has 0 saturated carbocycles. The highest BCUT2D eigenvalue weighted by molar-refractivity contribution is 5.20. The molecule has 0 saturated heterocycles. The molecule has 1 heteroatoms. The Morgan fingerprint density at radius 1 is 0.769 bits per heavy atom. The molecule has 1 nitrogen and oxygen atoms in total. The van der Waals surface area contributed by atoms with Crippen LogP contribution in [-0.4, -0.2) is 6.61 Å². The van der Waals surface area contributed by atoms with E-state index in [0.717, 1.165) is 24.7 Å². The summed E-state index contributed by atoms with van der Waals surface area (Å²) >= 11 is 0. The molecule has 0 fully saturated rings. The summed E-state index contributed by atoms with van der Waals surface area (Å²) < 4.78 is 5.79. The molecule has 1 aromatic carbocycles. The van der Waals surface area contributed by atoms with Crippen LogP contribution in [0, 0.1) is 5.92 Å². The summed E-state index contributed by atoms with van der Waals surface area (Å²) in [5, 5.41) is 0. The molecule has 0 N–H and O–H groups in total. The Bertz CT molecular complexity index is 423. The minimum absolute atomic E-state index is 0.773. The largest absolute Gasteiger partial charge is 0.494 e. The molecule has 0 radical (unpaired) electrons. The molecule has 0 aliphatic heterocycles. The van der Waals surface area contributed by atoms with Crippen LogP contribution in [0.1, 0.15) is 97.3 Å². The molecular formula is C25H42O. The molecule has 1 atom stereocenters. The number of allylic oxidation sites excluding steroid dienone is 2. The summed E-state index contributed by atoms with van der Waals surface area (Å²) in [7, 11) is 0. The lowest BCUT2D eigenvalue weighted by Crippen LogP contribution is -2.04. The third-order valence-electron chi connectivity index (χ3n) is 5.08. The fourth-order valence-corrected chi connectivity index (χ4v) is 3.25. The van der Waals surface area contributed by atoms with E-state index >= 15 is 0 Å². The zero-order chi connectivity index (χ0) is 18.7. The molecule has 1 unspecified atom stereocenters. The summed E-state index contributed by atoms with van der Waals surface area (Å²) in [6.07, 6.45) is 22.3. The van der Waals surface area contributed by atoms with Crippen LogP contribution in [0.3, 0.4) is 0 Å². The van der Waals surface area contributed by atoms with Gasteiger partial charge in [-0.2, -0.15) is 0 Å². The highest BCUT2D eigenvalue weighted by Crippen LogP contribution is 2.16. The van der Waals surface area contributed by atoms with Gasteiger partial charge in [-0.3, -0.25) is 0 Å². The Morgan fingerprint density at radius 3 is 2.08 bits per heavy atom. The Hall–Kier alpha value is -1.24. The lowest BCUT2D eigenvalue weighted by molar-refractivity contribution is 0.277. The van der Waals surface area contributed by atoms with Gasteiger partial charge in [0.1, 0.15) is 5.75 Å². The second kappa shape index (κ2) is 17.2. The fourth-order valence-electron chi connectivity index (χ4n) is 3.25. The lowest BCUT2D eigenvalue weighted by Gasteiger charge is -2.12. The zero-order valence-electron chi connectivity index (χ0n) is 17.4. The van der Waals surface area contributed by atoms with Gasteiger partial charge in [-0.25, -0.2) is 0 Å². The Labute approximate surface area is 163 Å². The SMILES string of the molecule is CCCCCC/C=C\CCCCCCCC(C)CCOc1ccccc1. The third-order valence-corrected chi connectivity index (χ3v) is 5.08. The lowest BCUT2D eigenvalue weighted by atomic mass is 9.99. The maximum atomic E-state index is 5.79. The van der Waals surface area contributed by atoms with Crippen molar-refractivity contribution in [3.8, 4) is 5.75 Å². The normalized spacial score (nSPS) is 12.5. The third kappa shape index (κ3) is 14.0. The van der Waals surface area contributed by atoms with Crippen LogP contribution in [0.4, 0.5) is 0 Å². The van der Waals surface area contributed by atoms with Crippen LogP contribution < -0.4 is 4.74 Å². The van der Waals surface area contributed by atoms with Crippen molar-refractivity contribution in [2.24, 2.45) is 5.92 Å². The predicted octanol–water partition coefficient (Wildman–Crippen LogP) is 8.35. The summed E-state index contributed by atoms with van der Waals surface area (Å²) in [6.45, 7) is 5.48. The minimum Gasteiger partial charge on any atom is -0.494 e. The van der Waals surface area contributed by atoms with E-state index < -0.39 is 0 Å². The van der Waals surface area contributed by atoms with Gasteiger partial charge in [0.15, 0.2) is 0 Å². The molecule has 0 spiro atoms. The molecule has 1 rings (SSSR count). The highest BCUT2D eigenvalue weighted by atomic mass is 16.5. The van der Waals surface area contributed by atoms with Gasteiger partial charge in [0.2, 0.25) is 0 Å². The number of hydrogen-bond donors (Lipinski definition) is 0. The second-order valence-corrected chi connectivity index (χ2v) is 7.72. The summed E-state index contributed by atoms with van der Waals surface area (Å²) in [5.41, 5.74) is 0. The van der Waals surface area contributed by atoms with Crippen LogP contribution in [0.2, 0.25) is 0 Å². The van der Waals surface area contributed by atoms with Crippen molar-refractivity contribution >= 4 is 0 Å². The molecule has 26 heavy (non-hydrogen) atoms. The number of hydrogen-bond acceptors (Lipinski definition) is 1. The van der Waals surface area contributed by atoms with Crippen LogP contribution in [0.15, 0.2) is 42.5 Å². The Balaban J connectivity index is 1.82. The molecule has 0 amide bonds. The van der Waals surface area contributed by atoms with E-state index in [2.05, 4.69) is 26.0 Å². The maximum Gasteiger partial charge on any atom is 0.119 e. The first kappa shape index (κ1) is 22.8. The molecule has 0 aliphatic rings. The first-order valence-electron chi connectivity index (χ1n) is 11.2. The van der Waals surface area contributed by atoms with E-state index in [1.807, 2.05) is 30.3 Å². The van der Waals surface area contributed by atoms with E-state index in [-0.39, 0.29) is 0 Å². The first-order valence-corrected chi connectivity index (χ1v) is 11.2. The average molecular weight is 359 g/mol. The second-order valence-electron chi connectivity index (χ2n) is 7.72. The first-order chi connectivity index (χ1) is 12.8. The number of rotatable bonds is 17. The average Bonchev–Trinajstić information content (AvgIpc) is 2.66. The van der Waals surface area contributed by atoms with Crippen molar-refractivity contribution in [2.75, 3.05) is 6.61 Å². The van der Waals surface area contributed by atoms with E-state index in [0.29, 0.717) is 0 Å². The van der Waals surface area contributed by atoms with Crippen molar-refractivity contribution in [2.45, 2.75) is 97.3 Å². The smallest absolute Gasteiger partial charge is 0.119 e. The van der Waals surface area contributed by atoms with Gasteiger partial charge in [-0.15, -0.1) is 0 Å². The van der Waals surface area contributed by atoms with Crippen LogP contribution in [-0.2, 0) is 0 Å². The molecular weight excluding hydrogens is 316 g/mol. The summed E-state index contributed by atoms with van der Waals surface area (Å²) in [5.74, 6) is 1.77. The van der Waals surface area contributed by atoms with Crippen molar-refractivity contribution in [3.63, 3.8) is 0 Å². The van der Waals surface area contributed by atoms with E-state index in [1.54, 1.807) is 0 Å². The van der Waals surface area contributed by atoms with E-state index in [4.69, 9.17) is 4.74 Å². The van der Waals surface area contributed by atoms with Crippen molar-refractivity contribution in [1.29, 1.82) is 0 Å². The maximum absolute atomic E-state index is 5.79. The van der Waals surface area contributed by atoms with E-state index in [1.165, 1.54) is 77.0 Å². The Kier molecular flexibility index (Phi) is 15.1. The van der Waals surface area contributed by atoms with Gasteiger partial charge in [-0.05, 0) is 50.2 Å². The van der Waals surface area contributed by atoms with Gasteiger partial charge < -0.3 is 4.74 Å². The van der Waals surface area contributed by atoms with Crippen LogP contribution in [0.25, 0.3) is 0 Å². The van der Waals surface area contributed by atoms with Gasteiger partial charge in [0.25, 0.3) is 0 Å². The van der Waals surface area contributed by atoms with Gasteiger partial charge in [-0.1, -0.05) is 95.6 Å². The van der Waals surface area contributed by atoms with Crippen molar-refractivity contribution < 1.29 is 4.74 Å². The predicted molar refractivity (Wildman–Crippen MR) is 116 cm³/mol. The number of para-hydroxylation sites is 1. The molecule has 148 valence electrons. The molecule has 0 aromatic heterocycles. The zero-order valence-corrected chi connectivity index (χ0v) is 17.4. The number of ether oxygens (including phenoxy) is 1. The van der Waals surface area contributed by atoms with Crippen molar-refractivity contribution in [1.82, 2.24) is 0 Å². The van der Waals surface area contributed by atoms with Crippen LogP contribution >= 0.6 is 0 Å². The Morgan fingerprint density at radius 2 is 1.38 bits per heavy atom. The standard InChI is InChI=1S/C25H42O/c1-3-4-5-6-7-8-9-10-11-12-13-14-16-19-24(2)22-23-26-25-20-17-15-18-21-25/h8-9,15,17-18,20-21,24H,3-7,10-14,16,19,22-23H2,1-2H3/b9-8-. The minimum atomic E-state index is 0.773. The number of benzene rings is 1. The topological polar surface area (TPSA) is 9.23 Å². The van der Waals surface area contributed by atoms with E-state index in [9.17, 15) is 0 Å². The van der Waals surface area contributed by atoms with Crippen molar-refractivity contribution in [3.05, 3.63) is 42.5 Å². The quantitative estimate of drug-likeness (QED) is 0.201. The molecule has 1 aromatic rings.